The first-order valence-corrected chi connectivity index (χ1v) is 10.2. The minimum atomic E-state index is -0.00530. The quantitative estimate of drug-likeness (QED) is 0.467. The summed E-state index contributed by atoms with van der Waals surface area (Å²) in [4.78, 5) is 18.0. The number of carbonyl (C=O) groups excluding carboxylic acids is 1. The Balaban J connectivity index is 1.68. The van der Waals surface area contributed by atoms with Gasteiger partial charge >= 0.3 is 0 Å². The molecule has 0 radical (unpaired) electrons. The van der Waals surface area contributed by atoms with Crippen LogP contribution in [0, 0.1) is 0 Å². The minimum Gasteiger partial charge on any atom is -0.493 e. The summed E-state index contributed by atoms with van der Waals surface area (Å²) in [5.74, 6) is 2.04. The zero-order chi connectivity index (χ0) is 22.8. The van der Waals surface area contributed by atoms with E-state index < -0.39 is 0 Å². The van der Waals surface area contributed by atoms with Crippen molar-refractivity contribution < 1.29 is 14.3 Å². The second kappa shape index (κ2) is 8.63. The molecule has 0 saturated heterocycles. The predicted octanol–water partition coefficient (Wildman–Crippen LogP) is 4.98. The van der Waals surface area contributed by atoms with Gasteiger partial charge in [-0.1, -0.05) is 12.1 Å². The molecular formula is C25H26N4O3. The van der Waals surface area contributed by atoms with E-state index in [2.05, 4.69) is 20.9 Å². The van der Waals surface area contributed by atoms with Gasteiger partial charge < -0.3 is 24.3 Å². The van der Waals surface area contributed by atoms with Crippen LogP contribution in [0.4, 0.5) is 17.2 Å². The molecule has 2 aromatic carbocycles. The van der Waals surface area contributed by atoms with E-state index in [-0.39, 0.29) is 5.91 Å². The lowest BCUT2D eigenvalue weighted by Crippen LogP contribution is -2.22. The summed E-state index contributed by atoms with van der Waals surface area (Å²) in [5.41, 5.74) is 4.83. The van der Waals surface area contributed by atoms with Crippen LogP contribution in [-0.4, -0.2) is 36.7 Å². The van der Waals surface area contributed by atoms with Gasteiger partial charge in [0.2, 0.25) is 5.91 Å². The van der Waals surface area contributed by atoms with Gasteiger partial charge in [0.25, 0.3) is 0 Å². The molecule has 0 bridgehead atoms. The highest BCUT2D eigenvalue weighted by Gasteiger charge is 2.12. The molecule has 4 aromatic rings. The Labute approximate surface area is 187 Å². The Morgan fingerprint density at radius 1 is 1.03 bits per heavy atom. The summed E-state index contributed by atoms with van der Waals surface area (Å²) in [7, 11) is 7.03. The molecule has 0 atom stereocenters. The second-order valence-electron chi connectivity index (χ2n) is 7.54. The number of fused-ring (bicyclic) bond motifs is 1. The second-order valence-corrected chi connectivity index (χ2v) is 7.54. The Hall–Kier alpha value is -4.00. The van der Waals surface area contributed by atoms with Crippen molar-refractivity contribution in [3.05, 3.63) is 60.8 Å². The first-order chi connectivity index (χ1) is 15.4. The first-order valence-electron chi connectivity index (χ1n) is 10.2. The lowest BCUT2D eigenvalue weighted by atomic mass is 10.1. The maximum atomic E-state index is 11.8. The molecule has 1 N–H and O–H groups in total. The topological polar surface area (TPSA) is 68.6 Å². The summed E-state index contributed by atoms with van der Waals surface area (Å²) in [5, 5.41) is 4.36. The number of benzene rings is 2. The highest BCUT2D eigenvalue weighted by molar-refractivity contribution is 5.93. The normalized spacial score (nSPS) is 10.8. The average Bonchev–Trinajstić information content (AvgIpc) is 3.14. The number of aryl methyl sites for hydroxylation is 1. The van der Waals surface area contributed by atoms with Crippen molar-refractivity contribution in [1.29, 1.82) is 0 Å². The van der Waals surface area contributed by atoms with Crippen LogP contribution >= 0.6 is 0 Å². The number of pyridine rings is 1. The molecule has 0 fully saturated rings. The SMILES string of the molecule is COc1ccc(Nc2cc3c(cn2)cc(-c2cccc(N(C)C(C)=O)c2)n3C)cc1OC. The van der Waals surface area contributed by atoms with E-state index in [0.717, 1.165) is 39.4 Å². The Morgan fingerprint density at radius 3 is 2.53 bits per heavy atom. The summed E-state index contributed by atoms with van der Waals surface area (Å²) in [6, 6.07) is 17.7. The molecule has 0 aliphatic heterocycles. The Bertz CT molecular complexity index is 1300. The summed E-state index contributed by atoms with van der Waals surface area (Å²) >= 11 is 0. The molecule has 7 heteroatoms. The third kappa shape index (κ3) is 3.97. The minimum absolute atomic E-state index is 0.00530. The summed E-state index contributed by atoms with van der Waals surface area (Å²) in [6.07, 6.45) is 1.85. The molecule has 0 aliphatic rings. The lowest BCUT2D eigenvalue weighted by molar-refractivity contribution is -0.116. The first kappa shape index (κ1) is 21.2. The third-order valence-electron chi connectivity index (χ3n) is 5.58. The fourth-order valence-corrected chi connectivity index (χ4v) is 3.69. The van der Waals surface area contributed by atoms with E-state index in [4.69, 9.17) is 9.47 Å². The van der Waals surface area contributed by atoms with E-state index in [0.29, 0.717) is 11.5 Å². The molecule has 32 heavy (non-hydrogen) atoms. The van der Waals surface area contributed by atoms with Crippen LogP contribution in [0.15, 0.2) is 60.8 Å². The fourth-order valence-electron chi connectivity index (χ4n) is 3.69. The number of hydrogen-bond acceptors (Lipinski definition) is 5. The Morgan fingerprint density at radius 2 is 1.81 bits per heavy atom. The molecule has 4 rings (SSSR count). The molecule has 1 amide bonds. The van der Waals surface area contributed by atoms with Gasteiger partial charge in [-0.2, -0.15) is 0 Å². The van der Waals surface area contributed by atoms with Crippen molar-refractivity contribution in [1.82, 2.24) is 9.55 Å². The van der Waals surface area contributed by atoms with Crippen LogP contribution in [0.25, 0.3) is 22.2 Å². The molecule has 0 unspecified atom stereocenters. The smallest absolute Gasteiger partial charge is 0.223 e. The van der Waals surface area contributed by atoms with Gasteiger partial charge in [0.1, 0.15) is 5.82 Å². The number of rotatable bonds is 6. The summed E-state index contributed by atoms with van der Waals surface area (Å²) in [6.45, 7) is 1.56. The number of methoxy groups -OCH3 is 2. The maximum absolute atomic E-state index is 11.8. The van der Waals surface area contributed by atoms with Crippen molar-refractivity contribution in [2.24, 2.45) is 7.05 Å². The van der Waals surface area contributed by atoms with Gasteiger partial charge in [-0.3, -0.25) is 4.79 Å². The predicted molar refractivity (Wildman–Crippen MR) is 128 cm³/mol. The lowest BCUT2D eigenvalue weighted by Gasteiger charge is -2.16. The summed E-state index contributed by atoms with van der Waals surface area (Å²) < 4.78 is 12.8. The monoisotopic (exact) mass is 430 g/mol. The zero-order valence-corrected chi connectivity index (χ0v) is 18.8. The largest absolute Gasteiger partial charge is 0.493 e. The van der Waals surface area contributed by atoms with Crippen LogP contribution < -0.4 is 19.7 Å². The van der Waals surface area contributed by atoms with Gasteiger partial charge in [0.05, 0.1) is 19.7 Å². The van der Waals surface area contributed by atoms with E-state index >= 15 is 0 Å². The number of ether oxygens (including phenoxy) is 2. The average molecular weight is 431 g/mol. The van der Waals surface area contributed by atoms with Crippen LogP contribution in [0.1, 0.15) is 6.92 Å². The molecule has 0 spiro atoms. The van der Waals surface area contributed by atoms with E-state index in [9.17, 15) is 4.79 Å². The molecule has 2 aromatic heterocycles. The van der Waals surface area contributed by atoms with E-state index in [1.807, 2.05) is 61.8 Å². The van der Waals surface area contributed by atoms with Gasteiger partial charge in [0, 0.05) is 67.4 Å². The number of nitrogens with zero attached hydrogens (tertiary/aromatic N) is 3. The molecule has 2 heterocycles. The van der Waals surface area contributed by atoms with E-state index in [1.54, 1.807) is 33.1 Å². The van der Waals surface area contributed by atoms with Crippen LogP contribution in [0.2, 0.25) is 0 Å². The van der Waals surface area contributed by atoms with Crippen molar-refractivity contribution in [3.63, 3.8) is 0 Å². The molecule has 164 valence electrons. The van der Waals surface area contributed by atoms with Crippen molar-refractivity contribution in [2.45, 2.75) is 6.92 Å². The van der Waals surface area contributed by atoms with Crippen molar-refractivity contribution >= 4 is 34.0 Å². The number of carbonyl (C=O) groups is 1. The van der Waals surface area contributed by atoms with E-state index in [1.165, 1.54) is 0 Å². The highest BCUT2D eigenvalue weighted by Crippen LogP contribution is 2.33. The molecule has 0 aliphatic carbocycles. The standard InChI is InChI=1S/C25H26N4O3/c1-16(30)28(2)20-8-6-7-17(11-20)21-12-18-15-26-25(14-22(18)29(21)3)27-19-9-10-23(31-4)24(13-19)32-5/h6-15H,1-5H3,(H,26,27). The van der Waals surface area contributed by atoms with Crippen LogP contribution in [0.5, 0.6) is 11.5 Å². The number of amides is 1. The van der Waals surface area contributed by atoms with Gasteiger partial charge in [-0.05, 0) is 30.3 Å². The number of nitrogens with one attached hydrogen (secondary N) is 1. The zero-order valence-electron chi connectivity index (χ0n) is 18.8. The van der Waals surface area contributed by atoms with Crippen molar-refractivity contribution in [3.8, 4) is 22.8 Å². The number of hydrogen-bond donors (Lipinski definition) is 1. The van der Waals surface area contributed by atoms with Gasteiger partial charge in [0.15, 0.2) is 11.5 Å². The van der Waals surface area contributed by atoms with Crippen molar-refractivity contribution in [2.75, 3.05) is 31.5 Å². The van der Waals surface area contributed by atoms with Gasteiger partial charge in [-0.25, -0.2) is 4.98 Å². The molecule has 0 saturated carbocycles. The molecule has 7 nitrogen and oxygen atoms in total. The van der Waals surface area contributed by atoms with Crippen LogP contribution in [0.3, 0.4) is 0 Å². The highest BCUT2D eigenvalue weighted by atomic mass is 16.5. The Kier molecular flexibility index (Phi) is 5.73. The van der Waals surface area contributed by atoms with Crippen LogP contribution in [-0.2, 0) is 11.8 Å². The number of anilines is 3. The maximum Gasteiger partial charge on any atom is 0.223 e. The number of aromatic nitrogens is 2. The third-order valence-corrected chi connectivity index (χ3v) is 5.58. The molecular weight excluding hydrogens is 404 g/mol. The van der Waals surface area contributed by atoms with Gasteiger partial charge in [-0.15, -0.1) is 0 Å². The fraction of sp³-hybridized carbons (Fsp3) is 0.200.